The molecule has 0 unspecified atom stereocenters. The fourth-order valence-electron chi connectivity index (χ4n) is 1.80. The van der Waals surface area contributed by atoms with Crippen LogP contribution in [-0.2, 0) is 4.79 Å². The summed E-state index contributed by atoms with van der Waals surface area (Å²) in [7, 11) is 0. The number of benzene rings is 2. The van der Waals surface area contributed by atoms with Crippen LogP contribution in [0.2, 0.25) is 0 Å². The molecule has 0 aliphatic heterocycles. The molecule has 4 N–H and O–H groups in total. The van der Waals surface area contributed by atoms with Crippen LogP contribution in [-0.4, -0.2) is 17.0 Å². The minimum Gasteiger partial charge on any atom is -0.478 e. The molecule has 21 heavy (non-hydrogen) atoms. The molecule has 0 heterocycles. The minimum atomic E-state index is -1.37. The van der Waals surface area contributed by atoms with Crippen LogP contribution in [0.25, 0.3) is 0 Å². The zero-order chi connectivity index (χ0) is 15.4. The second-order valence-corrected chi connectivity index (χ2v) is 4.38. The number of rotatable bonds is 4. The van der Waals surface area contributed by atoms with Gasteiger partial charge < -0.3 is 16.2 Å². The Morgan fingerprint density at radius 3 is 2.38 bits per heavy atom. The molecule has 0 aliphatic rings. The second-order valence-electron chi connectivity index (χ2n) is 4.38. The van der Waals surface area contributed by atoms with E-state index in [1.54, 1.807) is 30.3 Å². The lowest BCUT2D eigenvalue weighted by Gasteiger charge is -2.12. The Kier molecular flexibility index (Phi) is 4.30. The van der Waals surface area contributed by atoms with Gasteiger partial charge in [0.2, 0.25) is 5.91 Å². The first-order chi connectivity index (χ1) is 9.99. The number of carboxylic acids is 1. The molecule has 2 aromatic carbocycles. The highest BCUT2D eigenvalue weighted by atomic mass is 19.1. The van der Waals surface area contributed by atoms with Crippen LogP contribution in [0.5, 0.6) is 0 Å². The van der Waals surface area contributed by atoms with Gasteiger partial charge in [-0.3, -0.25) is 4.79 Å². The van der Waals surface area contributed by atoms with Crippen LogP contribution in [0, 0.1) is 5.82 Å². The molecule has 0 aromatic heterocycles. The van der Waals surface area contributed by atoms with Gasteiger partial charge in [-0.2, -0.15) is 0 Å². The zero-order valence-electron chi connectivity index (χ0n) is 10.9. The summed E-state index contributed by atoms with van der Waals surface area (Å²) >= 11 is 0. The van der Waals surface area contributed by atoms with Gasteiger partial charge in [-0.1, -0.05) is 30.3 Å². The number of carbonyl (C=O) groups excluding carboxylic acids is 1. The highest BCUT2D eigenvalue weighted by Gasteiger charge is 2.17. The Bertz CT molecular complexity index is 674. The number of aromatic carboxylic acids is 1. The monoisotopic (exact) mass is 288 g/mol. The molecule has 0 spiro atoms. The van der Waals surface area contributed by atoms with E-state index in [-0.39, 0.29) is 5.69 Å². The highest BCUT2D eigenvalue weighted by Crippen LogP contribution is 2.17. The van der Waals surface area contributed by atoms with Crippen molar-refractivity contribution in [1.82, 2.24) is 0 Å². The first-order valence-corrected chi connectivity index (χ1v) is 6.13. The summed E-state index contributed by atoms with van der Waals surface area (Å²) in [4.78, 5) is 22.7. The Morgan fingerprint density at radius 2 is 1.81 bits per heavy atom. The minimum absolute atomic E-state index is 0.147. The third-order valence-electron chi connectivity index (χ3n) is 2.91. The van der Waals surface area contributed by atoms with E-state index >= 15 is 0 Å². The van der Waals surface area contributed by atoms with Gasteiger partial charge in [0, 0.05) is 5.69 Å². The van der Waals surface area contributed by atoms with Crippen molar-refractivity contribution in [3.63, 3.8) is 0 Å². The Hall–Kier alpha value is -2.73. The molecule has 0 bridgehead atoms. The number of carboxylic acid groups (broad SMARTS) is 1. The number of anilines is 1. The normalized spacial score (nSPS) is 11.7. The summed E-state index contributed by atoms with van der Waals surface area (Å²) in [5, 5.41) is 11.2. The first-order valence-electron chi connectivity index (χ1n) is 6.13. The summed E-state index contributed by atoms with van der Waals surface area (Å²) in [6.07, 6.45) is 0. The molecular weight excluding hydrogens is 275 g/mol. The number of halogens is 1. The van der Waals surface area contributed by atoms with E-state index in [0.29, 0.717) is 5.56 Å². The fraction of sp³-hybridized carbons (Fsp3) is 0.0667. The molecule has 0 aliphatic carbocycles. The van der Waals surface area contributed by atoms with Crippen molar-refractivity contribution in [2.24, 2.45) is 5.73 Å². The van der Waals surface area contributed by atoms with Crippen LogP contribution >= 0.6 is 0 Å². The van der Waals surface area contributed by atoms with E-state index in [0.717, 1.165) is 12.1 Å². The van der Waals surface area contributed by atoms with E-state index < -0.39 is 29.3 Å². The van der Waals surface area contributed by atoms with Crippen molar-refractivity contribution in [3.05, 3.63) is 65.5 Å². The maximum Gasteiger partial charge on any atom is 0.338 e. The van der Waals surface area contributed by atoms with Crippen LogP contribution in [0.4, 0.5) is 10.1 Å². The van der Waals surface area contributed by atoms with E-state index in [9.17, 15) is 14.0 Å². The van der Waals surface area contributed by atoms with Gasteiger partial charge in [-0.05, 0) is 23.8 Å². The molecule has 0 radical (unpaired) electrons. The maximum absolute atomic E-state index is 13.5. The molecule has 0 fully saturated rings. The lowest BCUT2D eigenvalue weighted by Crippen LogP contribution is -2.27. The molecule has 0 saturated carbocycles. The van der Waals surface area contributed by atoms with Crippen molar-refractivity contribution < 1.29 is 19.1 Å². The van der Waals surface area contributed by atoms with Crippen LogP contribution in [0.3, 0.4) is 0 Å². The predicted octanol–water partition coefficient (Wildman–Crippen LogP) is 2.16. The molecule has 1 atom stereocenters. The van der Waals surface area contributed by atoms with Gasteiger partial charge in [0.25, 0.3) is 0 Å². The molecule has 2 aromatic rings. The molecule has 108 valence electrons. The first kappa shape index (κ1) is 14.7. The van der Waals surface area contributed by atoms with Crippen LogP contribution in [0.1, 0.15) is 22.0 Å². The van der Waals surface area contributed by atoms with Crippen LogP contribution < -0.4 is 11.1 Å². The van der Waals surface area contributed by atoms with Gasteiger partial charge in [-0.25, -0.2) is 9.18 Å². The van der Waals surface area contributed by atoms with Gasteiger partial charge in [0.15, 0.2) is 0 Å². The van der Waals surface area contributed by atoms with Crippen molar-refractivity contribution in [2.45, 2.75) is 6.04 Å². The summed E-state index contributed by atoms with van der Waals surface area (Å²) < 4.78 is 13.5. The molecule has 1 amide bonds. The third-order valence-corrected chi connectivity index (χ3v) is 2.91. The summed E-state index contributed by atoms with van der Waals surface area (Å²) in [6.45, 7) is 0. The van der Waals surface area contributed by atoms with E-state index in [1.165, 1.54) is 6.07 Å². The second kappa shape index (κ2) is 6.15. The molecule has 5 nitrogen and oxygen atoms in total. The van der Waals surface area contributed by atoms with E-state index in [4.69, 9.17) is 10.8 Å². The summed E-state index contributed by atoms with van der Waals surface area (Å²) in [5.74, 6) is -2.80. The van der Waals surface area contributed by atoms with E-state index in [2.05, 4.69) is 5.32 Å². The standard InChI is InChI=1S/C15H13FN2O3/c16-12-8-10(6-7-11(12)15(20)21)18-14(19)13(17)9-4-2-1-3-5-9/h1-8,13H,17H2,(H,18,19)(H,20,21)/t13-/m1/s1. The molecular formula is C15H13FN2O3. The average Bonchev–Trinajstić information content (AvgIpc) is 2.47. The lowest BCUT2D eigenvalue weighted by atomic mass is 10.1. The average molecular weight is 288 g/mol. The summed E-state index contributed by atoms with van der Waals surface area (Å²) in [6, 6.07) is 11.2. The van der Waals surface area contributed by atoms with Crippen LogP contribution in [0.15, 0.2) is 48.5 Å². The van der Waals surface area contributed by atoms with E-state index in [1.807, 2.05) is 0 Å². The number of carbonyl (C=O) groups is 2. The molecule has 0 saturated heterocycles. The molecule has 2 rings (SSSR count). The Morgan fingerprint density at radius 1 is 1.14 bits per heavy atom. The quantitative estimate of drug-likeness (QED) is 0.803. The number of nitrogens with two attached hydrogens (primary N) is 1. The predicted molar refractivity (Wildman–Crippen MR) is 75.4 cm³/mol. The number of nitrogens with one attached hydrogen (secondary N) is 1. The van der Waals surface area contributed by atoms with Gasteiger partial charge in [0.05, 0.1) is 5.56 Å². The third kappa shape index (κ3) is 3.43. The smallest absolute Gasteiger partial charge is 0.338 e. The topological polar surface area (TPSA) is 92.4 Å². The molecule has 6 heteroatoms. The fourth-order valence-corrected chi connectivity index (χ4v) is 1.80. The van der Waals surface area contributed by atoms with Crippen molar-refractivity contribution >= 4 is 17.6 Å². The number of amides is 1. The Balaban J connectivity index is 2.13. The SMILES string of the molecule is N[C@@H](C(=O)Nc1ccc(C(=O)O)c(F)c1)c1ccccc1. The van der Waals surface area contributed by atoms with Crippen molar-refractivity contribution in [3.8, 4) is 0 Å². The largest absolute Gasteiger partial charge is 0.478 e. The number of hydrogen-bond acceptors (Lipinski definition) is 3. The highest BCUT2D eigenvalue weighted by molar-refractivity contribution is 5.96. The Labute approximate surface area is 120 Å². The van der Waals surface area contributed by atoms with Crippen molar-refractivity contribution in [1.29, 1.82) is 0 Å². The lowest BCUT2D eigenvalue weighted by molar-refractivity contribution is -0.117. The summed E-state index contributed by atoms with van der Waals surface area (Å²) in [5.41, 5.74) is 6.11. The van der Waals surface area contributed by atoms with Crippen molar-refractivity contribution in [2.75, 3.05) is 5.32 Å². The van der Waals surface area contributed by atoms with Gasteiger partial charge in [0.1, 0.15) is 11.9 Å². The van der Waals surface area contributed by atoms with Gasteiger partial charge >= 0.3 is 5.97 Å². The van der Waals surface area contributed by atoms with Gasteiger partial charge in [-0.15, -0.1) is 0 Å². The number of hydrogen-bond donors (Lipinski definition) is 3. The zero-order valence-corrected chi connectivity index (χ0v) is 10.9. The maximum atomic E-state index is 13.5.